The Morgan fingerprint density at radius 1 is 1.09 bits per heavy atom. The highest BCUT2D eigenvalue weighted by atomic mass is 16.4. The second-order valence-electron chi connectivity index (χ2n) is 7.80. The molecule has 1 aliphatic rings. The Kier molecular flexibility index (Phi) is 9.30. The molecule has 4 amide bonds. The van der Waals surface area contributed by atoms with Crippen LogP contribution in [0.2, 0.25) is 0 Å². The first-order chi connectivity index (χ1) is 15.6. The maximum absolute atomic E-state index is 12.9. The van der Waals surface area contributed by atoms with Crippen molar-refractivity contribution >= 4 is 29.6 Å². The number of carbonyl (C=O) groups is 5. The lowest BCUT2D eigenvalue weighted by molar-refractivity contribution is -0.146. The Bertz CT molecular complexity index is 879. The zero-order valence-corrected chi connectivity index (χ0v) is 18.0. The van der Waals surface area contributed by atoms with Crippen LogP contribution in [0.1, 0.15) is 24.8 Å². The number of aliphatic hydroxyl groups is 1. The van der Waals surface area contributed by atoms with E-state index in [0.29, 0.717) is 6.42 Å². The minimum atomic E-state index is -1.53. The molecule has 0 aromatic heterocycles. The Morgan fingerprint density at radius 2 is 1.76 bits per heavy atom. The predicted molar refractivity (Wildman–Crippen MR) is 115 cm³/mol. The van der Waals surface area contributed by atoms with Crippen LogP contribution in [0.5, 0.6) is 0 Å². The van der Waals surface area contributed by atoms with Crippen molar-refractivity contribution in [1.29, 1.82) is 0 Å². The lowest BCUT2D eigenvalue weighted by Crippen LogP contribution is -2.58. The first-order valence-corrected chi connectivity index (χ1v) is 10.5. The number of likely N-dealkylation sites (tertiary alicyclic amines) is 1. The van der Waals surface area contributed by atoms with Gasteiger partial charge in [-0.3, -0.25) is 19.2 Å². The van der Waals surface area contributed by atoms with Gasteiger partial charge in [-0.05, 0) is 24.8 Å². The summed E-state index contributed by atoms with van der Waals surface area (Å²) in [5.41, 5.74) is 11.8. The normalized spacial score (nSPS) is 18.1. The summed E-state index contributed by atoms with van der Waals surface area (Å²) >= 11 is 0. The summed E-state index contributed by atoms with van der Waals surface area (Å²) < 4.78 is 0. The molecule has 1 aromatic rings. The van der Waals surface area contributed by atoms with Crippen LogP contribution in [0.4, 0.5) is 0 Å². The van der Waals surface area contributed by atoms with Crippen LogP contribution >= 0.6 is 0 Å². The number of benzene rings is 1. The number of aliphatic carboxylic acids is 1. The smallest absolute Gasteiger partial charge is 0.326 e. The molecule has 12 heteroatoms. The Balaban J connectivity index is 2.02. The summed E-state index contributed by atoms with van der Waals surface area (Å²) in [6.45, 7) is -0.542. The zero-order valence-electron chi connectivity index (χ0n) is 18.0. The highest BCUT2D eigenvalue weighted by Crippen LogP contribution is 2.19. The molecule has 0 bridgehead atoms. The number of rotatable bonds is 11. The number of nitrogens with two attached hydrogens (primary N) is 2. The number of carbonyl (C=O) groups excluding carboxylic acids is 4. The van der Waals surface area contributed by atoms with Gasteiger partial charge in [0.15, 0.2) is 0 Å². The number of hydrogen-bond acceptors (Lipinski definition) is 7. The molecule has 0 aliphatic carbocycles. The van der Waals surface area contributed by atoms with Gasteiger partial charge in [0.25, 0.3) is 0 Å². The predicted octanol–water partition coefficient (Wildman–Crippen LogP) is -2.53. The SMILES string of the molecule is NC(=O)CC(NC(=O)C1CCCN1C(=O)C(CO)NC(=O)C(N)Cc1ccccc1)C(=O)O. The number of aliphatic hydroxyl groups excluding tert-OH is 1. The van der Waals surface area contributed by atoms with Gasteiger partial charge in [0.1, 0.15) is 18.1 Å². The number of carboxylic acids is 1. The fourth-order valence-electron chi connectivity index (χ4n) is 3.60. The van der Waals surface area contributed by atoms with Gasteiger partial charge >= 0.3 is 5.97 Å². The Morgan fingerprint density at radius 3 is 2.33 bits per heavy atom. The molecule has 2 rings (SSSR count). The number of nitrogens with zero attached hydrogens (tertiary/aromatic N) is 1. The van der Waals surface area contributed by atoms with Gasteiger partial charge in [0, 0.05) is 6.54 Å². The molecule has 180 valence electrons. The summed E-state index contributed by atoms with van der Waals surface area (Å²) in [4.78, 5) is 61.5. The van der Waals surface area contributed by atoms with Crippen molar-refractivity contribution in [2.75, 3.05) is 13.2 Å². The van der Waals surface area contributed by atoms with Gasteiger partial charge in [-0.25, -0.2) is 4.79 Å². The first kappa shape index (κ1) is 25.7. The molecule has 0 radical (unpaired) electrons. The Labute approximate surface area is 190 Å². The molecule has 4 unspecified atom stereocenters. The highest BCUT2D eigenvalue weighted by molar-refractivity contribution is 5.95. The molecule has 12 nitrogen and oxygen atoms in total. The molecule has 1 aromatic carbocycles. The van der Waals surface area contributed by atoms with Crippen molar-refractivity contribution in [2.45, 2.75) is 49.9 Å². The highest BCUT2D eigenvalue weighted by Gasteiger charge is 2.39. The molecule has 0 saturated carbocycles. The summed E-state index contributed by atoms with van der Waals surface area (Å²) in [5.74, 6) is -4.45. The van der Waals surface area contributed by atoms with E-state index in [1.54, 1.807) is 24.3 Å². The Hall–Kier alpha value is -3.51. The average molecular weight is 463 g/mol. The van der Waals surface area contributed by atoms with Crippen molar-refractivity contribution in [3.05, 3.63) is 35.9 Å². The van der Waals surface area contributed by atoms with E-state index >= 15 is 0 Å². The van der Waals surface area contributed by atoms with Gasteiger partial charge in [0.05, 0.1) is 19.1 Å². The third kappa shape index (κ3) is 7.26. The van der Waals surface area contributed by atoms with Crippen LogP contribution in [-0.4, -0.2) is 82.0 Å². The molecule has 8 N–H and O–H groups in total. The van der Waals surface area contributed by atoms with Crippen LogP contribution < -0.4 is 22.1 Å². The fourth-order valence-corrected chi connectivity index (χ4v) is 3.60. The maximum Gasteiger partial charge on any atom is 0.326 e. The van der Waals surface area contributed by atoms with Crippen molar-refractivity contribution in [3.8, 4) is 0 Å². The summed E-state index contributed by atoms with van der Waals surface area (Å²) in [6, 6.07) is 4.20. The third-order valence-electron chi connectivity index (χ3n) is 5.29. The van der Waals surface area contributed by atoms with Crippen LogP contribution in [0.25, 0.3) is 0 Å². The van der Waals surface area contributed by atoms with Gasteiger partial charge in [-0.1, -0.05) is 30.3 Å². The number of carboxylic acid groups (broad SMARTS) is 1. The van der Waals surface area contributed by atoms with Crippen molar-refractivity contribution in [1.82, 2.24) is 15.5 Å². The van der Waals surface area contributed by atoms with Crippen LogP contribution in [0.15, 0.2) is 30.3 Å². The lowest BCUT2D eigenvalue weighted by Gasteiger charge is -2.29. The van der Waals surface area contributed by atoms with Crippen molar-refractivity contribution in [2.24, 2.45) is 11.5 Å². The summed E-state index contributed by atoms with van der Waals surface area (Å²) in [6.07, 6.45) is 0.331. The van der Waals surface area contributed by atoms with E-state index in [-0.39, 0.29) is 19.4 Å². The third-order valence-corrected chi connectivity index (χ3v) is 5.29. The van der Waals surface area contributed by atoms with Gasteiger partial charge in [-0.2, -0.15) is 0 Å². The van der Waals surface area contributed by atoms with E-state index in [1.807, 2.05) is 6.07 Å². The molecular formula is C21H29N5O7. The summed E-state index contributed by atoms with van der Waals surface area (Å²) in [5, 5.41) is 23.5. The fraction of sp³-hybridized carbons (Fsp3) is 0.476. The number of hydrogen-bond donors (Lipinski definition) is 6. The van der Waals surface area contributed by atoms with Gasteiger partial charge in [-0.15, -0.1) is 0 Å². The lowest BCUT2D eigenvalue weighted by atomic mass is 10.1. The molecule has 1 fully saturated rings. The van der Waals surface area contributed by atoms with Crippen molar-refractivity contribution in [3.63, 3.8) is 0 Å². The van der Waals surface area contributed by atoms with Crippen molar-refractivity contribution < 1.29 is 34.2 Å². The number of nitrogens with one attached hydrogen (secondary N) is 2. The van der Waals surface area contributed by atoms with Crippen LogP contribution in [0, 0.1) is 0 Å². The minimum absolute atomic E-state index is 0.174. The molecule has 1 saturated heterocycles. The molecular weight excluding hydrogens is 434 g/mol. The van der Waals surface area contributed by atoms with E-state index in [2.05, 4.69) is 10.6 Å². The molecule has 1 heterocycles. The number of primary amides is 1. The van der Waals surface area contributed by atoms with E-state index in [0.717, 1.165) is 5.56 Å². The average Bonchev–Trinajstić information content (AvgIpc) is 3.26. The minimum Gasteiger partial charge on any atom is -0.480 e. The van der Waals surface area contributed by atoms with Crippen LogP contribution in [0.3, 0.4) is 0 Å². The number of amides is 4. The van der Waals surface area contributed by atoms with E-state index in [4.69, 9.17) is 11.5 Å². The van der Waals surface area contributed by atoms with E-state index < -0.39 is 66.8 Å². The van der Waals surface area contributed by atoms with Gasteiger partial charge < -0.3 is 37.2 Å². The quantitative estimate of drug-likeness (QED) is 0.206. The van der Waals surface area contributed by atoms with Gasteiger partial charge in [0.2, 0.25) is 23.6 Å². The van der Waals surface area contributed by atoms with E-state index in [9.17, 15) is 34.2 Å². The topological polar surface area (TPSA) is 205 Å². The largest absolute Gasteiger partial charge is 0.480 e. The zero-order chi connectivity index (χ0) is 24.5. The van der Waals surface area contributed by atoms with Crippen LogP contribution in [-0.2, 0) is 30.4 Å². The molecule has 1 aliphatic heterocycles. The molecule has 33 heavy (non-hydrogen) atoms. The second-order valence-corrected chi connectivity index (χ2v) is 7.80. The molecule has 4 atom stereocenters. The maximum atomic E-state index is 12.9. The summed E-state index contributed by atoms with van der Waals surface area (Å²) in [7, 11) is 0. The van der Waals surface area contributed by atoms with E-state index in [1.165, 1.54) is 4.90 Å². The second kappa shape index (κ2) is 11.9. The monoisotopic (exact) mass is 463 g/mol. The standard InChI is InChI=1S/C21H29N5O7/c22-13(9-12-5-2-1-3-6-12)18(29)25-15(11-27)20(31)26-8-4-7-16(26)19(30)24-14(21(32)33)10-17(23)28/h1-3,5-6,13-16,27H,4,7-11,22H2,(H2,23,28)(H,24,30)(H,25,29)(H,32,33). The molecule has 0 spiro atoms. The first-order valence-electron chi connectivity index (χ1n) is 10.5.